The Kier molecular flexibility index (Phi) is 7.45. The van der Waals surface area contributed by atoms with Gasteiger partial charge in [-0.25, -0.2) is 0 Å². The maximum atomic E-state index is 12.8. The Hall–Kier alpha value is -1.66. The fourth-order valence-corrected chi connectivity index (χ4v) is 2.97. The van der Waals surface area contributed by atoms with E-state index in [2.05, 4.69) is 12.2 Å². The summed E-state index contributed by atoms with van der Waals surface area (Å²) in [5.41, 5.74) is 1.12. The number of rotatable bonds is 5. The largest absolute Gasteiger partial charge is 0.336 e. The number of carbonyl (C=O) groups is 1. The minimum Gasteiger partial charge on any atom is -0.336 e. The van der Waals surface area contributed by atoms with Gasteiger partial charge >= 0.3 is 0 Å². The first kappa shape index (κ1) is 19.4. The number of nitro groups is 1. The van der Waals surface area contributed by atoms with Crippen LogP contribution in [0.5, 0.6) is 0 Å². The summed E-state index contributed by atoms with van der Waals surface area (Å²) in [6.45, 7) is 6.31. The Bertz CT molecular complexity index is 560. The minimum absolute atomic E-state index is 0. The van der Waals surface area contributed by atoms with Crippen molar-refractivity contribution in [3.8, 4) is 0 Å². The molecule has 0 atom stereocenters. The van der Waals surface area contributed by atoms with E-state index >= 15 is 0 Å². The summed E-state index contributed by atoms with van der Waals surface area (Å²) in [6, 6.07) is 4.88. The number of aryl methyl sites for hydroxylation is 1. The summed E-state index contributed by atoms with van der Waals surface area (Å²) in [5, 5.41) is 14.2. The Morgan fingerprint density at radius 3 is 2.57 bits per heavy atom. The third-order valence-corrected chi connectivity index (χ3v) is 4.12. The first-order valence-electron chi connectivity index (χ1n) is 7.81. The van der Waals surface area contributed by atoms with Crippen molar-refractivity contribution in [3.63, 3.8) is 0 Å². The lowest BCUT2D eigenvalue weighted by Gasteiger charge is -2.34. The Morgan fingerprint density at radius 1 is 1.39 bits per heavy atom. The highest BCUT2D eigenvalue weighted by Gasteiger charge is 2.26. The normalized spacial score (nSPS) is 14.9. The molecule has 23 heavy (non-hydrogen) atoms. The Labute approximate surface area is 142 Å². The molecule has 1 aliphatic rings. The summed E-state index contributed by atoms with van der Waals surface area (Å²) in [7, 11) is 0. The fourth-order valence-electron chi connectivity index (χ4n) is 2.97. The minimum atomic E-state index is -0.416. The highest BCUT2D eigenvalue weighted by atomic mass is 35.5. The molecule has 1 aliphatic heterocycles. The molecule has 1 aromatic rings. The molecule has 0 aromatic heterocycles. The monoisotopic (exact) mass is 341 g/mol. The van der Waals surface area contributed by atoms with Gasteiger partial charge in [0.1, 0.15) is 0 Å². The number of hydrogen-bond acceptors (Lipinski definition) is 4. The number of nitro benzene ring substituents is 1. The van der Waals surface area contributed by atoms with Crippen LogP contribution in [-0.4, -0.2) is 41.4 Å². The van der Waals surface area contributed by atoms with Gasteiger partial charge in [-0.2, -0.15) is 0 Å². The molecule has 1 amide bonds. The standard InChI is InChI=1S/C16H23N3O3.ClH/c1-3-10-18(14-6-8-17-9-7-14)16(20)13-4-5-15(19(21)22)12(2)11-13;/h4-5,11,14,17H,3,6-10H2,1-2H3;1H. The second-order valence-corrected chi connectivity index (χ2v) is 5.74. The molecule has 1 heterocycles. The van der Waals surface area contributed by atoms with Crippen molar-refractivity contribution < 1.29 is 9.72 Å². The molecule has 0 spiro atoms. The van der Waals surface area contributed by atoms with E-state index in [9.17, 15) is 14.9 Å². The molecule has 0 bridgehead atoms. The zero-order valence-corrected chi connectivity index (χ0v) is 14.4. The third kappa shape index (κ3) is 4.65. The van der Waals surface area contributed by atoms with E-state index in [1.807, 2.05) is 4.90 Å². The van der Waals surface area contributed by atoms with Crippen molar-refractivity contribution in [3.05, 3.63) is 39.4 Å². The van der Waals surface area contributed by atoms with E-state index in [1.165, 1.54) is 6.07 Å². The van der Waals surface area contributed by atoms with Gasteiger partial charge in [-0.05, 0) is 51.4 Å². The first-order valence-corrected chi connectivity index (χ1v) is 7.81. The van der Waals surface area contributed by atoms with E-state index in [0.717, 1.165) is 38.9 Å². The van der Waals surface area contributed by atoms with Crippen molar-refractivity contribution >= 4 is 24.0 Å². The van der Waals surface area contributed by atoms with Gasteiger partial charge in [0.15, 0.2) is 0 Å². The van der Waals surface area contributed by atoms with Crippen LogP contribution in [0.3, 0.4) is 0 Å². The van der Waals surface area contributed by atoms with Crippen LogP contribution < -0.4 is 5.32 Å². The number of amides is 1. The molecular weight excluding hydrogens is 318 g/mol. The van der Waals surface area contributed by atoms with Gasteiger partial charge in [-0.3, -0.25) is 14.9 Å². The van der Waals surface area contributed by atoms with Gasteiger partial charge < -0.3 is 10.2 Å². The van der Waals surface area contributed by atoms with Crippen LogP contribution in [0.1, 0.15) is 42.1 Å². The molecule has 128 valence electrons. The lowest BCUT2D eigenvalue weighted by molar-refractivity contribution is -0.385. The smallest absolute Gasteiger partial charge is 0.272 e. The van der Waals surface area contributed by atoms with Crippen LogP contribution in [0.25, 0.3) is 0 Å². The quantitative estimate of drug-likeness (QED) is 0.660. The van der Waals surface area contributed by atoms with Crippen molar-refractivity contribution in [2.45, 2.75) is 39.2 Å². The molecular formula is C16H24ClN3O3. The molecule has 0 unspecified atom stereocenters. The van der Waals surface area contributed by atoms with Gasteiger partial charge in [0.2, 0.25) is 0 Å². The van der Waals surface area contributed by atoms with Gasteiger partial charge in [0, 0.05) is 29.8 Å². The van der Waals surface area contributed by atoms with Crippen molar-refractivity contribution in [2.24, 2.45) is 0 Å². The van der Waals surface area contributed by atoms with Gasteiger partial charge in [0.25, 0.3) is 11.6 Å². The van der Waals surface area contributed by atoms with Crippen LogP contribution in [0.4, 0.5) is 5.69 Å². The number of nitrogens with one attached hydrogen (secondary N) is 1. The highest BCUT2D eigenvalue weighted by Crippen LogP contribution is 2.22. The summed E-state index contributed by atoms with van der Waals surface area (Å²) in [4.78, 5) is 25.2. The predicted molar refractivity (Wildman–Crippen MR) is 92.3 cm³/mol. The molecule has 1 aromatic carbocycles. The zero-order valence-electron chi connectivity index (χ0n) is 13.6. The molecule has 0 radical (unpaired) electrons. The molecule has 1 fully saturated rings. The van der Waals surface area contributed by atoms with Crippen LogP contribution in [-0.2, 0) is 0 Å². The fraction of sp³-hybridized carbons (Fsp3) is 0.562. The summed E-state index contributed by atoms with van der Waals surface area (Å²) >= 11 is 0. The second-order valence-electron chi connectivity index (χ2n) is 5.74. The average Bonchev–Trinajstić information content (AvgIpc) is 2.52. The van der Waals surface area contributed by atoms with Gasteiger partial charge in [-0.1, -0.05) is 6.92 Å². The predicted octanol–water partition coefficient (Wildman–Crippen LogP) is 2.93. The topological polar surface area (TPSA) is 75.5 Å². The number of piperidine rings is 1. The SMILES string of the molecule is CCCN(C(=O)c1ccc([N+](=O)[O-])c(C)c1)C1CCNCC1.Cl. The van der Waals surface area contributed by atoms with Crippen molar-refractivity contribution in [2.75, 3.05) is 19.6 Å². The molecule has 2 rings (SSSR count). The van der Waals surface area contributed by atoms with E-state index < -0.39 is 4.92 Å². The van der Waals surface area contributed by atoms with Gasteiger partial charge in [-0.15, -0.1) is 12.4 Å². The van der Waals surface area contributed by atoms with Crippen LogP contribution in [0.2, 0.25) is 0 Å². The van der Waals surface area contributed by atoms with E-state index in [4.69, 9.17) is 0 Å². The maximum absolute atomic E-state index is 12.8. The molecule has 1 N–H and O–H groups in total. The molecule has 7 heteroatoms. The molecule has 0 aliphatic carbocycles. The zero-order chi connectivity index (χ0) is 16.1. The average molecular weight is 342 g/mol. The van der Waals surface area contributed by atoms with Crippen LogP contribution in [0.15, 0.2) is 18.2 Å². The second kappa shape index (κ2) is 8.84. The highest BCUT2D eigenvalue weighted by molar-refractivity contribution is 5.95. The Morgan fingerprint density at radius 2 is 2.04 bits per heavy atom. The number of hydrogen-bond donors (Lipinski definition) is 1. The first-order chi connectivity index (χ1) is 10.5. The molecule has 6 nitrogen and oxygen atoms in total. The van der Waals surface area contributed by atoms with E-state index in [-0.39, 0.29) is 30.0 Å². The molecule has 1 saturated heterocycles. The van der Waals surface area contributed by atoms with Crippen molar-refractivity contribution in [1.82, 2.24) is 10.2 Å². The summed E-state index contributed by atoms with van der Waals surface area (Å²) in [6.07, 6.45) is 2.82. The maximum Gasteiger partial charge on any atom is 0.272 e. The lowest BCUT2D eigenvalue weighted by Crippen LogP contribution is -2.46. The summed E-state index contributed by atoms with van der Waals surface area (Å²) < 4.78 is 0. The Balaban J connectivity index is 0.00000264. The van der Waals surface area contributed by atoms with E-state index in [0.29, 0.717) is 11.1 Å². The number of halogens is 1. The number of nitrogens with zero attached hydrogens (tertiary/aromatic N) is 2. The van der Waals surface area contributed by atoms with E-state index in [1.54, 1.807) is 19.1 Å². The molecule has 0 saturated carbocycles. The summed E-state index contributed by atoms with van der Waals surface area (Å²) in [5.74, 6) is -0.0215. The van der Waals surface area contributed by atoms with Crippen molar-refractivity contribution in [1.29, 1.82) is 0 Å². The number of benzene rings is 1. The lowest BCUT2D eigenvalue weighted by atomic mass is 10.0. The van der Waals surface area contributed by atoms with Crippen LogP contribution in [0, 0.1) is 17.0 Å². The third-order valence-electron chi connectivity index (χ3n) is 4.12. The number of carbonyl (C=O) groups excluding carboxylic acids is 1. The van der Waals surface area contributed by atoms with Crippen LogP contribution >= 0.6 is 12.4 Å². The van der Waals surface area contributed by atoms with Gasteiger partial charge in [0.05, 0.1) is 4.92 Å².